The molecule has 1 amide bonds. The second-order valence-corrected chi connectivity index (χ2v) is 5.52. The van der Waals surface area contributed by atoms with E-state index in [0.29, 0.717) is 11.4 Å². The van der Waals surface area contributed by atoms with Gasteiger partial charge in [0.1, 0.15) is 5.75 Å². The van der Waals surface area contributed by atoms with Gasteiger partial charge < -0.3 is 14.8 Å². The van der Waals surface area contributed by atoms with Gasteiger partial charge in [0, 0.05) is 5.69 Å². The zero-order chi connectivity index (χ0) is 17.5. The second-order valence-electron chi connectivity index (χ2n) is 5.52. The first-order valence-electron chi connectivity index (χ1n) is 7.71. The average molecular weight is 327 g/mol. The molecule has 0 bridgehead atoms. The number of ether oxygens (including phenoxy) is 2. The van der Waals surface area contributed by atoms with Crippen LogP contribution in [0.3, 0.4) is 0 Å². The number of esters is 1. The van der Waals surface area contributed by atoms with Crippen molar-refractivity contribution in [3.63, 3.8) is 0 Å². The topological polar surface area (TPSA) is 64.6 Å². The van der Waals surface area contributed by atoms with E-state index in [4.69, 9.17) is 9.47 Å². The second kappa shape index (κ2) is 8.15. The Morgan fingerprint density at radius 3 is 2.42 bits per heavy atom. The van der Waals surface area contributed by atoms with E-state index < -0.39 is 12.1 Å². The van der Waals surface area contributed by atoms with Crippen molar-refractivity contribution in [2.24, 2.45) is 0 Å². The van der Waals surface area contributed by atoms with Crippen LogP contribution in [0, 0.1) is 13.8 Å². The molecule has 1 atom stereocenters. The van der Waals surface area contributed by atoms with Crippen LogP contribution in [0.15, 0.2) is 48.5 Å². The van der Waals surface area contributed by atoms with Gasteiger partial charge in [0.15, 0.2) is 12.7 Å². The highest BCUT2D eigenvalue weighted by molar-refractivity contribution is 5.95. The Morgan fingerprint density at radius 1 is 1.04 bits per heavy atom. The van der Waals surface area contributed by atoms with Crippen LogP contribution in [-0.2, 0) is 14.3 Å². The fraction of sp³-hybridized carbons (Fsp3) is 0.263. The Morgan fingerprint density at radius 2 is 1.75 bits per heavy atom. The van der Waals surface area contributed by atoms with E-state index in [0.717, 1.165) is 11.1 Å². The maximum Gasteiger partial charge on any atom is 0.344 e. The summed E-state index contributed by atoms with van der Waals surface area (Å²) in [5.41, 5.74) is 2.88. The number of amides is 1. The van der Waals surface area contributed by atoms with Crippen LogP contribution in [-0.4, -0.2) is 24.6 Å². The van der Waals surface area contributed by atoms with Gasteiger partial charge >= 0.3 is 5.97 Å². The summed E-state index contributed by atoms with van der Waals surface area (Å²) >= 11 is 0. The molecule has 2 rings (SSSR count). The van der Waals surface area contributed by atoms with Crippen LogP contribution >= 0.6 is 0 Å². The first-order valence-corrected chi connectivity index (χ1v) is 7.71. The lowest BCUT2D eigenvalue weighted by Gasteiger charge is -2.14. The van der Waals surface area contributed by atoms with Crippen molar-refractivity contribution < 1.29 is 19.1 Å². The van der Waals surface area contributed by atoms with Gasteiger partial charge in [0.05, 0.1) is 0 Å². The highest BCUT2D eigenvalue weighted by Gasteiger charge is 2.18. The minimum atomic E-state index is -0.902. The van der Waals surface area contributed by atoms with E-state index in [-0.39, 0.29) is 12.5 Å². The SMILES string of the molecule is Cc1ccc(OCC(=O)O[C@H](C)C(=O)Nc2ccccc2)cc1C. The summed E-state index contributed by atoms with van der Waals surface area (Å²) < 4.78 is 10.5. The van der Waals surface area contributed by atoms with Crippen LogP contribution in [0.1, 0.15) is 18.1 Å². The van der Waals surface area contributed by atoms with Crippen LogP contribution in [0.4, 0.5) is 5.69 Å². The molecule has 0 saturated heterocycles. The first-order chi connectivity index (χ1) is 11.5. The molecule has 5 nitrogen and oxygen atoms in total. The van der Waals surface area contributed by atoms with Gasteiger partial charge in [0.25, 0.3) is 5.91 Å². The van der Waals surface area contributed by atoms with E-state index in [2.05, 4.69) is 5.32 Å². The lowest BCUT2D eigenvalue weighted by Crippen LogP contribution is -2.31. The smallest absolute Gasteiger partial charge is 0.344 e. The standard InChI is InChI=1S/C19H21NO4/c1-13-9-10-17(11-14(13)2)23-12-18(21)24-15(3)19(22)20-16-7-5-4-6-8-16/h4-11,15H,12H2,1-3H3,(H,20,22)/t15-/m1/s1. The van der Waals surface area contributed by atoms with Crippen molar-refractivity contribution >= 4 is 17.6 Å². The van der Waals surface area contributed by atoms with Gasteiger partial charge in [-0.05, 0) is 56.2 Å². The number of para-hydroxylation sites is 1. The minimum absolute atomic E-state index is 0.245. The summed E-state index contributed by atoms with van der Waals surface area (Å²) in [6.07, 6.45) is -0.902. The number of hydrogen-bond acceptors (Lipinski definition) is 4. The summed E-state index contributed by atoms with van der Waals surface area (Å²) in [6.45, 7) is 5.24. The number of anilines is 1. The Kier molecular flexibility index (Phi) is 5.95. The largest absolute Gasteiger partial charge is 0.482 e. The van der Waals surface area contributed by atoms with Crippen molar-refractivity contribution in [1.29, 1.82) is 0 Å². The van der Waals surface area contributed by atoms with E-state index in [1.165, 1.54) is 6.92 Å². The van der Waals surface area contributed by atoms with Gasteiger partial charge in [-0.15, -0.1) is 0 Å². The molecule has 126 valence electrons. The van der Waals surface area contributed by atoms with E-state index >= 15 is 0 Å². The molecule has 0 radical (unpaired) electrons. The third-order valence-corrected chi connectivity index (χ3v) is 3.55. The lowest BCUT2D eigenvalue weighted by molar-refractivity contribution is -0.155. The van der Waals surface area contributed by atoms with Crippen molar-refractivity contribution in [2.75, 3.05) is 11.9 Å². The molecule has 0 aliphatic heterocycles. The maximum atomic E-state index is 12.0. The third kappa shape index (κ3) is 5.12. The van der Waals surface area contributed by atoms with Crippen LogP contribution in [0.5, 0.6) is 5.75 Å². The molecule has 1 N–H and O–H groups in total. The number of nitrogens with one attached hydrogen (secondary N) is 1. The number of carbonyl (C=O) groups excluding carboxylic acids is 2. The van der Waals surface area contributed by atoms with Gasteiger partial charge in [0.2, 0.25) is 0 Å². The molecule has 0 saturated carbocycles. The fourth-order valence-corrected chi connectivity index (χ4v) is 2.00. The Hall–Kier alpha value is -2.82. The number of aryl methyl sites for hydroxylation is 2. The van der Waals surface area contributed by atoms with Crippen LogP contribution in [0.2, 0.25) is 0 Å². The molecule has 0 spiro atoms. The number of rotatable bonds is 6. The molecule has 24 heavy (non-hydrogen) atoms. The van der Waals surface area contributed by atoms with Gasteiger partial charge in [-0.2, -0.15) is 0 Å². The van der Waals surface area contributed by atoms with E-state index in [1.807, 2.05) is 44.2 Å². The minimum Gasteiger partial charge on any atom is -0.482 e. The number of carbonyl (C=O) groups is 2. The zero-order valence-corrected chi connectivity index (χ0v) is 14.0. The van der Waals surface area contributed by atoms with Crippen molar-refractivity contribution in [2.45, 2.75) is 26.9 Å². The summed E-state index contributed by atoms with van der Waals surface area (Å²) in [4.78, 5) is 23.8. The molecule has 0 aliphatic rings. The molecule has 0 unspecified atom stereocenters. The predicted molar refractivity (Wildman–Crippen MR) is 92.0 cm³/mol. The molecular weight excluding hydrogens is 306 g/mol. The Labute approximate surface area is 141 Å². The molecule has 0 aromatic heterocycles. The van der Waals surface area contributed by atoms with Crippen LogP contribution < -0.4 is 10.1 Å². The molecule has 0 aliphatic carbocycles. The molecule has 2 aromatic carbocycles. The third-order valence-electron chi connectivity index (χ3n) is 3.55. The zero-order valence-electron chi connectivity index (χ0n) is 14.0. The molecule has 0 heterocycles. The van der Waals surface area contributed by atoms with Crippen molar-refractivity contribution in [1.82, 2.24) is 0 Å². The molecule has 0 fully saturated rings. The Balaban J connectivity index is 1.80. The summed E-state index contributed by atoms with van der Waals surface area (Å²) in [6, 6.07) is 14.6. The quantitative estimate of drug-likeness (QED) is 0.827. The first kappa shape index (κ1) is 17.5. The monoisotopic (exact) mass is 327 g/mol. The van der Waals surface area contributed by atoms with Gasteiger partial charge in [-0.25, -0.2) is 4.79 Å². The van der Waals surface area contributed by atoms with Gasteiger partial charge in [-0.3, -0.25) is 4.79 Å². The predicted octanol–water partition coefficient (Wildman–Crippen LogP) is 3.25. The molecular formula is C19H21NO4. The highest BCUT2D eigenvalue weighted by atomic mass is 16.6. The lowest BCUT2D eigenvalue weighted by atomic mass is 10.1. The van der Waals surface area contributed by atoms with Gasteiger partial charge in [-0.1, -0.05) is 24.3 Å². The normalized spacial score (nSPS) is 11.5. The fourth-order valence-electron chi connectivity index (χ4n) is 2.00. The van der Waals surface area contributed by atoms with Crippen LogP contribution in [0.25, 0.3) is 0 Å². The molecule has 2 aromatic rings. The summed E-state index contributed by atoms with van der Waals surface area (Å²) in [5.74, 6) is -0.388. The molecule has 5 heteroatoms. The van der Waals surface area contributed by atoms with Crippen molar-refractivity contribution in [3.8, 4) is 5.75 Å². The summed E-state index contributed by atoms with van der Waals surface area (Å²) in [5, 5.41) is 2.68. The van der Waals surface area contributed by atoms with E-state index in [1.54, 1.807) is 18.2 Å². The maximum absolute atomic E-state index is 12.0. The van der Waals surface area contributed by atoms with E-state index in [9.17, 15) is 9.59 Å². The van der Waals surface area contributed by atoms with Crippen molar-refractivity contribution in [3.05, 3.63) is 59.7 Å². The summed E-state index contributed by atoms with van der Waals surface area (Å²) in [7, 11) is 0. The number of hydrogen-bond donors (Lipinski definition) is 1. The number of benzene rings is 2. The Bertz CT molecular complexity index is 713. The highest BCUT2D eigenvalue weighted by Crippen LogP contribution is 2.16. The average Bonchev–Trinajstić information content (AvgIpc) is 2.56.